The lowest BCUT2D eigenvalue weighted by Gasteiger charge is -2.13. The number of rotatable bonds is 7. The molecule has 1 heterocycles. The zero-order valence-electron chi connectivity index (χ0n) is 15.2. The van der Waals surface area contributed by atoms with Gasteiger partial charge in [0.15, 0.2) is 10.9 Å². The maximum absolute atomic E-state index is 12.4. The molecule has 0 saturated heterocycles. The number of Topliss-reactive ketones (excluding diaryl/α,β-unsaturated/α-hetero) is 1. The maximum atomic E-state index is 12.4. The second kappa shape index (κ2) is 8.68. The van der Waals surface area contributed by atoms with E-state index >= 15 is 0 Å². The zero-order chi connectivity index (χ0) is 19.2. The molecule has 0 bridgehead atoms. The van der Waals surface area contributed by atoms with Crippen molar-refractivity contribution >= 4 is 23.5 Å². The predicted octanol–water partition coefficient (Wildman–Crippen LogP) is 4.25. The summed E-state index contributed by atoms with van der Waals surface area (Å²) in [6, 6.07) is 17.2. The van der Waals surface area contributed by atoms with Crippen LogP contribution in [0.1, 0.15) is 35.8 Å². The standard InChI is InChI=1S/C21H21N3O2S/c1-14(23-15(2)25)16-8-10-18(11-9-16)20(26)13-27-21-22-12-19(24-21)17-6-4-3-5-7-17/h3-12,14H,13H2,1-2H3,(H,22,24)(H,23,25)/t14-/m1/s1. The van der Waals surface area contributed by atoms with Crippen LogP contribution < -0.4 is 5.32 Å². The van der Waals surface area contributed by atoms with Crippen LogP contribution in [0.5, 0.6) is 0 Å². The SMILES string of the molecule is CC(=O)N[C@H](C)c1ccc(C(=O)CSc2ncc(-c3ccccc3)[nH]2)cc1. The lowest BCUT2D eigenvalue weighted by molar-refractivity contribution is -0.119. The van der Waals surface area contributed by atoms with Crippen LogP contribution in [0.3, 0.4) is 0 Å². The molecule has 27 heavy (non-hydrogen) atoms. The molecule has 0 unspecified atom stereocenters. The second-order valence-electron chi connectivity index (χ2n) is 6.22. The van der Waals surface area contributed by atoms with Gasteiger partial charge in [-0.25, -0.2) is 4.98 Å². The number of nitrogens with zero attached hydrogens (tertiary/aromatic N) is 1. The number of thioether (sulfide) groups is 1. The van der Waals surface area contributed by atoms with Gasteiger partial charge in [0.1, 0.15) is 0 Å². The minimum atomic E-state index is -0.0828. The van der Waals surface area contributed by atoms with E-state index in [4.69, 9.17) is 0 Å². The summed E-state index contributed by atoms with van der Waals surface area (Å²) in [5.41, 5.74) is 3.61. The first-order valence-electron chi connectivity index (χ1n) is 8.66. The highest BCUT2D eigenvalue weighted by Crippen LogP contribution is 2.22. The Hall–Kier alpha value is -2.86. The number of imidazole rings is 1. The van der Waals surface area contributed by atoms with Gasteiger partial charge in [-0.15, -0.1) is 0 Å². The van der Waals surface area contributed by atoms with E-state index < -0.39 is 0 Å². The molecule has 1 atom stereocenters. The largest absolute Gasteiger partial charge is 0.350 e. The number of hydrogen-bond donors (Lipinski definition) is 2. The van der Waals surface area contributed by atoms with Crippen LogP contribution in [-0.2, 0) is 4.79 Å². The fourth-order valence-electron chi connectivity index (χ4n) is 2.70. The molecule has 0 saturated carbocycles. The fraction of sp³-hybridized carbons (Fsp3) is 0.190. The predicted molar refractivity (Wildman–Crippen MR) is 108 cm³/mol. The minimum absolute atomic E-state index is 0.0383. The zero-order valence-corrected chi connectivity index (χ0v) is 16.0. The van der Waals surface area contributed by atoms with Crippen molar-refractivity contribution in [2.24, 2.45) is 0 Å². The maximum Gasteiger partial charge on any atom is 0.217 e. The van der Waals surface area contributed by atoms with E-state index in [1.165, 1.54) is 18.7 Å². The molecule has 6 heteroatoms. The van der Waals surface area contributed by atoms with Crippen molar-refractivity contribution in [2.75, 3.05) is 5.75 Å². The van der Waals surface area contributed by atoms with Crippen molar-refractivity contribution in [1.29, 1.82) is 0 Å². The molecule has 0 aliphatic heterocycles. The molecule has 0 aliphatic carbocycles. The highest BCUT2D eigenvalue weighted by Gasteiger charge is 2.11. The Morgan fingerprint density at radius 1 is 1.11 bits per heavy atom. The Bertz CT molecular complexity index is 920. The number of H-pyrrole nitrogens is 1. The molecule has 2 N–H and O–H groups in total. The van der Waals surface area contributed by atoms with Crippen molar-refractivity contribution in [3.63, 3.8) is 0 Å². The lowest BCUT2D eigenvalue weighted by atomic mass is 10.0. The number of hydrogen-bond acceptors (Lipinski definition) is 4. The quantitative estimate of drug-likeness (QED) is 0.475. The van der Waals surface area contributed by atoms with Crippen LogP contribution in [-0.4, -0.2) is 27.4 Å². The van der Waals surface area contributed by atoms with Gasteiger partial charge in [-0.2, -0.15) is 0 Å². The molecular weight excluding hydrogens is 358 g/mol. The van der Waals surface area contributed by atoms with Crippen LogP contribution in [0.15, 0.2) is 66.0 Å². The molecule has 3 rings (SSSR count). The minimum Gasteiger partial charge on any atom is -0.350 e. The number of ketones is 1. The summed E-state index contributed by atoms with van der Waals surface area (Å²) in [6.45, 7) is 3.40. The topological polar surface area (TPSA) is 74.8 Å². The van der Waals surface area contributed by atoms with Gasteiger partial charge in [0.25, 0.3) is 0 Å². The lowest BCUT2D eigenvalue weighted by Crippen LogP contribution is -2.23. The Labute approximate surface area is 162 Å². The molecular formula is C21H21N3O2S. The van der Waals surface area contributed by atoms with Gasteiger partial charge in [0.2, 0.25) is 5.91 Å². The number of carbonyl (C=O) groups excluding carboxylic acids is 2. The van der Waals surface area contributed by atoms with E-state index in [2.05, 4.69) is 15.3 Å². The fourth-order valence-corrected chi connectivity index (χ4v) is 3.45. The summed E-state index contributed by atoms with van der Waals surface area (Å²) in [6.07, 6.45) is 1.78. The Balaban J connectivity index is 1.58. The van der Waals surface area contributed by atoms with E-state index in [0.29, 0.717) is 11.3 Å². The van der Waals surface area contributed by atoms with Gasteiger partial charge in [0, 0.05) is 12.5 Å². The number of amides is 1. The van der Waals surface area contributed by atoms with Crippen molar-refractivity contribution in [1.82, 2.24) is 15.3 Å². The van der Waals surface area contributed by atoms with E-state index in [1.54, 1.807) is 18.3 Å². The number of carbonyl (C=O) groups is 2. The summed E-state index contributed by atoms with van der Waals surface area (Å²) >= 11 is 1.38. The molecule has 0 aliphatic rings. The molecule has 138 valence electrons. The van der Waals surface area contributed by atoms with Gasteiger partial charge >= 0.3 is 0 Å². The molecule has 1 aromatic heterocycles. The molecule has 0 fully saturated rings. The van der Waals surface area contributed by atoms with Gasteiger partial charge in [0.05, 0.1) is 23.7 Å². The van der Waals surface area contributed by atoms with Crippen molar-refractivity contribution in [3.8, 4) is 11.3 Å². The number of aromatic nitrogens is 2. The molecule has 3 aromatic rings. The van der Waals surface area contributed by atoms with Crippen LogP contribution in [0.4, 0.5) is 0 Å². The normalized spacial score (nSPS) is 11.8. The van der Waals surface area contributed by atoms with Crippen LogP contribution >= 0.6 is 11.8 Å². The summed E-state index contributed by atoms with van der Waals surface area (Å²) in [5.74, 6) is 0.270. The first kappa shape index (κ1) is 18.9. The third-order valence-corrected chi connectivity index (χ3v) is 5.02. The van der Waals surface area contributed by atoms with Crippen LogP contribution in [0.2, 0.25) is 0 Å². The van der Waals surface area contributed by atoms with E-state index in [9.17, 15) is 9.59 Å². The van der Waals surface area contributed by atoms with Gasteiger partial charge in [-0.3, -0.25) is 9.59 Å². The highest BCUT2D eigenvalue weighted by molar-refractivity contribution is 7.99. The third kappa shape index (κ3) is 5.08. The van der Waals surface area contributed by atoms with Crippen LogP contribution in [0, 0.1) is 0 Å². The molecule has 5 nitrogen and oxygen atoms in total. The number of nitrogens with one attached hydrogen (secondary N) is 2. The smallest absolute Gasteiger partial charge is 0.217 e. The van der Waals surface area contributed by atoms with Gasteiger partial charge in [-0.1, -0.05) is 66.4 Å². The van der Waals surface area contributed by atoms with Gasteiger partial charge in [-0.05, 0) is 18.1 Å². The van der Waals surface area contributed by atoms with E-state index in [1.807, 2.05) is 49.4 Å². The first-order valence-corrected chi connectivity index (χ1v) is 9.65. The molecule has 0 spiro atoms. The highest BCUT2D eigenvalue weighted by atomic mass is 32.2. The Kier molecular flexibility index (Phi) is 6.08. The monoisotopic (exact) mass is 379 g/mol. The molecule has 1 amide bonds. The van der Waals surface area contributed by atoms with Gasteiger partial charge < -0.3 is 10.3 Å². The summed E-state index contributed by atoms with van der Waals surface area (Å²) in [5, 5.41) is 3.55. The van der Waals surface area contributed by atoms with E-state index in [0.717, 1.165) is 22.0 Å². The summed E-state index contributed by atoms with van der Waals surface area (Å²) in [4.78, 5) is 31.1. The Morgan fingerprint density at radius 2 is 1.81 bits per heavy atom. The van der Waals surface area contributed by atoms with Crippen LogP contribution in [0.25, 0.3) is 11.3 Å². The summed E-state index contributed by atoms with van der Waals surface area (Å²) in [7, 11) is 0. The number of aromatic amines is 1. The average molecular weight is 379 g/mol. The molecule has 0 radical (unpaired) electrons. The second-order valence-corrected chi connectivity index (χ2v) is 7.19. The third-order valence-electron chi connectivity index (χ3n) is 4.13. The molecule has 2 aromatic carbocycles. The van der Waals surface area contributed by atoms with Crippen molar-refractivity contribution in [2.45, 2.75) is 25.0 Å². The number of benzene rings is 2. The van der Waals surface area contributed by atoms with Crippen molar-refractivity contribution in [3.05, 3.63) is 71.9 Å². The summed E-state index contributed by atoms with van der Waals surface area (Å²) < 4.78 is 0. The first-order chi connectivity index (χ1) is 13.0. The Morgan fingerprint density at radius 3 is 2.48 bits per heavy atom. The average Bonchev–Trinajstić information content (AvgIpc) is 3.15. The van der Waals surface area contributed by atoms with Crippen molar-refractivity contribution < 1.29 is 9.59 Å². The van der Waals surface area contributed by atoms with E-state index in [-0.39, 0.29) is 17.7 Å².